The van der Waals surface area contributed by atoms with Crippen LogP contribution < -0.4 is 4.72 Å². The lowest BCUT2D eigenvalue weighted by atomic mass is 10.1. The average molecular weight is 410 g/mol. The van der Waals surface area contributed by atoms with Crippen LogP contribution in [-0.2, 0) is 10.0 Å². The average Bonchev–Trinajstić information content (AvgIpc) is 2.95. The molecular weight excluding hydrogens is 398 g/mol. The maximum absolute atomic E-state index is 12.6. The van der Waals surface area contributed by atoms with Crippen LogP contribution >= 0.6 is 22.9 Å². The summed E-state index contributed by atoms with van der Waals surface area (Å²) < 4.78 is 27.4. The third-order valence-electron chi connectivity index (χ3n) is 3.49. The Labute approximate surface area is 158 Å². The number of aromatic nitrogens is 1. The van der Waals surface area contributed by atoms with Crippen LogP contribution in [0.1, 0.15) is 4.88 Å². The van der Waals surface area contributed by atoms with E-state index in [-0.39, 0.29) is 5.13 Å². The molecule has 1 aromatic heterocycles. The standard InChI is InChI=1S/C16H12ClN3O4S2/c1-10-15(11-6-8-12(17)9-7-11)18-16(25-10)19-26(23,24)14-5-3-2-4-13(14)20(21)22/h2-9H,1H3,(H,18,19). The minimum atomic E-state index is -4.15. The van der Waals surface area contributed by atoms with Crippen molar-refractivity contribution in [2.24, 2.45) is 0 Å². The van der Waals surface area contributed by atoms with Crippen LogP contribution in [0.25, 0.3) is 11.3 Å². The van der Waals surface area contributed by atoms with Gasteiger partial charge in [-0.05, 0) is 25.1 Å². The van der Waals surface area contributed by atoms with Gasteiger partial charge in [0.05, 0.1) is 10.6 Å². The number of hydrogen-bond acceptors (Lipinski definition) is 6. The number of thiazole rings is 1. The molecule has 3 rings (SSSR count). The van der Waals surface area contributed by atoms with Gasteiger partial charge in [0.1, 0.15) is 0 Å². The first-order chi connectivity index (χ1) is 12.3. The van der Waals surface area contributed by atoms with Gasteiger partial charge in [-0.15, -0.1) is 11.3 Å². The highest BCUT2D eigenvalue weighted by molar-refractivity contribution is 7.93. The van der Waals surface area contributed by atoms with E-state index in [1.54, 1.807) is 24.3 Å². The molecule has 1 heterocycles. The van der Waals surface area contributed by atoms with E-state index >= 15 is 0 Å². The first kappa shape index (κ1) is 18.3. The quantitative estimate of drug-likeness (QED) is 0.494. The number of aryl methyl sites for hydroxylation is 1. The number of para-hydroxylation sites is 1. The van der Waals surface area contributed by atoms with Gasteiger partial charge in [0.15, 0.2) is 10.0 Å². The second-order valence-electron chi connectivity index (χ2n) is 5.26. The summed E-state index contributed by atoms with van der Waals surface area (Å²) in [6.07, 6.45) is 0. The molecular formula is C16H12ClN3O4S2. The molecule has 0 saturated heterocycles. The summed E-state index contributed by atoms with van der Waals surface area (Å²) in [5, 5.41) is 11.8. The Morgan fingerprint density at radius 3 is 2.46 bits per heavy atom. The van der Waals surface area contributed by atoms with Crippen molar-refractivity contribution in [3.05, 3.63) is 68.5 Å². The van der Waals surface area contributed by atoms with Crippen molar-refractivity contribution in [3.63, 3.8) is 0 Å². The zero-order valence-corrected chi connectivity index (χ0v) is 15.7. The molecule has 0 radical (unpaired) electrons. The summed E-state index contributed by atoms with van der Waals surface area (Å²) in [5.41, 5.74) is 0.914. The summed E-state index contributed by atoms with van der Waals surface area (Å²) in [6.45, 7) is 1.81. The third kappa shape index (κ3) is 3.69. The van der Waals surface area contributed by atoms with Gasteiger partial charge in [-0.25, -0.2) is 13.4 Å². The fourth-order valence-corrected chi connectivity index (χ4v) is 4.69. The second-order valence-corrected chi connectivity index (χ2v) is 8.55. The van der Waals surface area contributed by atoms with Gasteiger partial charge < -0.3 is 0 Å². The normalized spacial score (nSPS) is 11.3. The first-order valence-corrected chi connectivity index (χ1v) is 9.95. The zero-order valence-electron chi connectivity index (χ0n) is 13.3. The van der Waals surface area contributed by atoms with Crippen molar-refractivity contribution >= 4 is 43.8 Å². The van der Waals surface area contributed by atoms with Gasteiger partial charge in [0, 0.05) is 21.5 Å². The molecule has 0 saturated carbocycles. The number of halogens is 1. The van der Waals surface area contributed by atoms with E-state index in [0.29, 0.717) is 10.7 Å². The molecule has 10 heteroatoms. The molecule has 0 fully saturated rings. The molecule has 7 nitrogen and oxygen atoms in total. The van der Waals surface area contributed by atoms with Crippen LogP contribution in [0.15, 0.2) is 53.4 Å². The van der Waals surface area contributed by atoms with E-state index in [1.165, 1.54) is 18.2 Å². The molecule has 1 N–H and O–H groups in total. The van der Waals surface area contributed by atoms with Gasteiger partial charge >= 0.3 is 0 Å². The molecule has 0 aliphatic rings. The molecule has 134 valence electrons. The number of anilines is 1. The number of nitrogens with one attached hydrogen (secondary N) is 1. The maximum Gasteiger partial charge on any atom is 0.289 e. The summed E-state index contributed by atoms with van der Waals surface area (Å²) in [5.74, 6) is 0. The van der Waals surface area contributed by atoms with Crippen LogP contribution in [0, 0.1) is 17.0 Å². The van der Waals surface area contributed by atoms with E-state index < -0.39 is 25.5 Å². The monoisotopic (exact) mass is 409 g/mol. The van der Waals surface area contributed by atoms with Crippen molar-refractivity contribution in [1.29, 1.82) is 0 Å². The van der Waals surface area contributed by atoms with Gasteiger partial charge in [-0.3, -0.25) is 14.8 Å². The largest absolute Gasteiger partial charge is 0.289 e. The highest BCUT2D eigenvalue weighted by Crippen LogP contribution is 2.33. The molecule has 3 aromatic rings. The number of nitro benzene ring substituents is 1. The van der Waals surface area contributed by atoms with E-state index in [0.717, 1.165) is 27.8 Å². The van der Waals surface area contributed by atoms with Crippen molar-refractivity contribution in [2.45, 2.75) is 11.8 Å². The number of sulfonamides is 1. The lowest BCUT2D eigenvalue weighted by molar-refractivity contribution is -0.387. The van der Waals surface area contributed by atoms with Crippen molar-refractivity contribution in [2.75, 3.05) is 4.72 Å². The number of benzene rings is 2. The zero-order chi connectivity index (χ0) is 18.9. The SMILES string of the molecule is Cc1sc(NS(=O)(=O)c2ccccc2[N+](=O)[O-])nc1-c1ccc(Cl)cc1. The molecule has 0 amide bonds. The molecule has 0 unspecified atom stereocenters. The van der Waals surface area contributed by atoms with Gasteiger partial charge in [0.25, 0.3) is 15.7 Å². The van der Waals surface area contributed by atoms with Crippen LogP contribution in [0.2, 0.25) is 5.02 Å². The van der Waals surface area contributed by atoms with E-state index in [2.05, 4.69) is 9.71 Å². The topological polar surface area (TPSA) is 102 Å². The van der Waals surface area contributed by atoms with E-state index in [1.807, 2.05) is 6.92 Å². The summed E-state index contributed by atoms with van der Waals surface area (Å²) in [7, 11) is -4.15. The van der Waals surface area contributed by atoms with Crippen molar-refractivity contribution < 1.29 is 13.3 Å². The summed E-state index contributed by atoms with van der Waals surface area (Å²) in [4.78, 5) is 15.0. The smallest absolute Gasteiger partial charge is 0.258 e. The Morgan fingerprint density at radius 1 is 1.15 bits per heavy atom. The number of nitrogens with zero attached hydrogens (tertiary/aromatic N) is 2. The van der Waals surface area contributed by atoms with Crippen LogP contribution in [-0.4, -0.2) is 18.3 Å². The molecule has 0 atom stereocenters. The number of rotatable bonds is 5. The number of nitro groups is 1. The molecule has 2 aromatic carbocycles. The van der Waals surface area contributed by atoms with Crippen molar-refractivity contribution in [1.82, 2.24) is 4.98 Å². The Morgan fingerprint density at radius 2 is 1.81 bits per heavy atom. The Bertz CT molecular complexity index is 1080. The highest BCUT2D eigenvalue weighted by Gasteiger charge is 2.26. The number of hydrogen-bond donors (Lipinski definition) is 1. The lowest BCUT2D eigenvalue weighted by Gasteiger charge is -2.05. The van der Waals surface area contributed by atoms with Crippen molar-refractivity contribution in [3.8, 4) is 11.3 Å². The molecule has 0 aliphatic carbocycles. The van der Waals surface area contributed by atoms with E-state index in [9.17, 15) is 18.5 Å². The maximum atomic E-state index is 12.6. The fraction of sp³-hybridized carbons (Fsp3) is 0.0625. The lowest BCUT2D eigenvalue weighted by Crippen LogP contribution is -2.14. The second kappa shape index (κ2) is 7.02. The van der Waals surface area contributed by atoms with Crippen LogP contribution in [0.5, 0.6) is 0 Å². The molecule has 0 bridgehead atoms. The van der Waals surface area contributed by atoms with Gasteiger partial charge in [-0.2, -0.15) is 0 Å². The minimum Gasteiger partial charge on any atom is -0.258 e. The predicted molar refractivity (Wildman–Crippen MR) is 101 cm³/mol. The van der Waals surface area contributed by atoms with Gasteiger partial charge in [-0.1, -0.05) is 35.9 Å². The molecule has 0 spiro atoms. The predicted octanol–water partition coefficient (Wildman–Crippen LogP) is 4.48. The fourth-order valence-electron chi connectivity index (χ4n) is 2.32. The summed E-state index contributed by atoms with van der Waals surface area (Å²) >= 11 is 7.02. The van der Waals surface area contributed by atoms with Crippen LogP contribution in [0.3, 0.4) is 0 Å². The Kier molecular flexibility index (Phi) is 4.94. The highest BCUT2D eigenvalue weighted by atomic mass is 35.5. The van der Waals surface area contributed by atoms with Crippen LogP contribution in [0.4, 0.5) is 10.8 Å². The molecule has 26 heavy (non-hydrogen) atoms. The first-order valence-electron chi connectivity index (χ1n) is 7.27. The third-order valence-corrected chi connectivity index (χ3v) is 6.14. The minimum absolute atomic E-state index is 0.130. The molecule has 0 aliphatic heterocycles. The van der Waals surface area contributed by atoms with E-state index in [4.69, 9.17) is 11.6 Å². The Hall–Kier alpha value is -2.49. The Balaban J connectivity index is 1.96. The summed E-state index contributed by atoms with van der Waals surface area (Å²) in [6, 6.07) is 12.1. The van der Waals surface area contributed by atoms with Gasteiger partial charge in [0.2, 0.25) is 0 Å².